The zero-order chi connectivity index (χ0) is 27.3. The summed E-state index contributed by atoms with van der Waals surface area (Å²) >= 11 is 0. The molecule has 9 nitrogen and oxygen atoms in total. The van der Waals surface area contributed by atoms with Crippen LogP contribution in [0.2, 0.25) is 0 Å². The Labute approximate surface area is 212 Å². The molecule has 0 bridgehead atoms. The van der Waals surface area contributed by atoms with Gasteiger partial charge in [-0.05, 0) is 82.8 Å². The van der Waals surface area contributed by atoms with Gasteiger partial charge in [-0.2, -0.15) is 0 Å². The fourth-order valence-corrected chi connectivity index (χ4v) is 8.36. The van der Waals surface area contributed by atoms with Crippen molar-refractivity contribution in [2.45, 2.75) is 126 Å². The predicted octanol–water partition coefficient (Wildman–Crippen LogP) is -0.0603. The maximum Gasteiger partial charge on any atom is 0.188 e. The molecule has 36 heavy (non-hydrogen) atoms. The van der Waals surface area contributed by atoms with Gasteiger partial charge in [-0.25, -0.2) is 0 Å². The minimum absolute atomic E-state index is 0.169. The SMILES string of the molecule is CC(C)(O)CCC(O)C(C)(O)C1CCC2(O)C3=CC(=O)C4(O)CC(O)C(O)C(O)C4(C)C3CCC12C. The van der Waals surface area contributed by atoms with Crippen LogP contribution in [0.1, 0.15) is 79.6 Å². The van der Waals surface area contributed by atoms with E-state index in [1.807, 2.05) is 6.92 Å². The number of aliphatic hydroxyl groups is 8. The summed E-state index contributed by atoms with van der Waals surface area (Å²) in [4.78, 5) is 13.4. The molecule has 0 aromatic rings. The Balaban J connectivity index is 1.73. The molecule has 4 aliphatic rings. The van der Waals surface area contributed by atoms with Crippen LogP contribution < -0.4 is 0 Å². The van der Waals surface area contributed by atoms with Gasteiger partial charge in [0.25, 0.3) is 0 Å². The van der Waals surface area contributed by atoms with Crippen molar-refractivity contribution in [1.82, 2.24) is 0 Å². The maximum absolute atomic E-state index is 13.4. The maximum atomic E-state index is 13.4. The van der Waals surface area contributed by atoms with E-state index in [2.05, 4.69) is 0 Å². The van der Waals surface area contributed by atoms with Gasteiger partial charge in [-0.3, -0.25) is 4.79 Å². The van der Waals surface area contributed by atoms with Crippen molar-refractivity contribution in [2.75, 3.05) is 0 Å². The minimum Gasteiger partial charge on any atom is -0.390 e. The molecule has 11 unspecified atom stereocenters. The van der Waals surface area contributed by atoms with Crippen LogP contribution in [0.5, 0.6) is 0 Å². The monoisotopic (exact) mass is 512 g/mol. The third-order valence-electron chi connectivity index (χ3n) is 10.9. The lowest BCUT2D eigenvalue weighted by Crippen LogP contribution is -2.74. The van der Waals surface area contributed by atoms with Crippen LogP contribution >= 0.6 is 0 Å². The highest BCUT2D eigenvalue weighted by molar-refractivity contribution is 6.00. The van der Waals surface area contributed by atoms with Crippen molar-refractivity contribution in [3.63, 3.8) is 0 Å². The summed E-state index contributed by atoms with van der Waals surface area (Å²) in [5.41, 5.74) is -8.30. The van der Waals surface area contributed by atoms with Gasteiger partial charge in [0, 0.05) is 17.3 Å². The lowest BCUT2D eigenvalue weighted by atomic mass is 9.43. The number of carbonyl (C=O) groups excluding carboxylic acids is 1. The Bertz CT molecular complexity index is 940. The molecule has 0 aromatic heterocycles. The highest BCUT2D eigenvalue weighted by Gasteiger charge is 2.73. The van der Waals surface area contributed by atoms with E-state index in [0.717, 1.165) is 0 Å². The molecular formula is C27H44O9. The van der Waals surface area contributed by atoms with E-state index >= 15 is 0 Å². The first-order valence-electron chi connectivity index (χ1n) is 13.2. The summed E-state index contributed by atoms with van der Waals surface area (Å²) in [5, 5.41) is 88.1. The Morgan fingerprint density at radius 3 is 2.22 bits per heavy atom. The van der Waals surface area contributed by atoms with Crippen LogP contribution in [0, 0.1) is 22.7 Å². The van der Waals surface area contributed by atoms with Crippen molar-refractivity contribution >= 4 is 5.78 Å². The minimum atomic E-state index is -2.10. The van der Waals surface area contributed by atoms with Gasteiger partial charge >= 0.3 is 0 Å². The predicted molar refractivity (Wildman–Crippen MR) is 129 cm³/mol. The molecule has 11 atom stereocenters. The Morgan fingerprint density at radius 2 is 1.64 bits per heavy atom. The largest absolute Gasteiger partial charge is 0.390 e. The summed E-state index contributed by atoms with van der Waals surface area (Å²) in [6.07, 6.45) is -3.13. The van der Waals surface area contributed by atoms with Crippen molar-refractivity contribution < 1.29 is 45.6 Å². The molecule has 9 heteroatoms. The topological polar surface area (TPSA) is 179 Å². The summed E-state index contributed by atoms with van der Waals surface area (Å²) in [6.45, 7) is 8.21. The zero-order valence-corrected chi connectivity index (χ0v) is 22.0. The third kappa shape index (κ3) is 3.54. The molecule has 4 rings (SSSR count). The number of carbonyl (C=O) groups is 1. The number of ketones is 1. The molecule has 0 aliphatic heterocycles. The van der Waals surface area contributed by atoms with E-state index in [-0.39, 0.29) is 19.3 Å². The Kier molecular flexibility index (Phi) is 6.47. The van der Waals surface area contributed by atoms with Gasteiger partial charge in [0.15, 0.2) is 5.78 Å². The third-order valence-corrected chi connectivity index (χ3v) is 10.9. The van der Waals surface area contributed by atoms with E-state index in [1.54, 1.807) is 20.8 Å². The lowest BCUT2D eigenvalue weighted by molar-refractivity contribution is -0.252. The standard InChI is InChI=1S/C27H44O9/c1-22(2,33)9-8-18(29)25(5,34)17-7-11-26(35)15-12-19(30)27(36)13-16(28)20(31)21(32)24(27,4)14(15)6-10-23(17,26)3/h12,14,16-18,20-21,28-29,31-36H,6-11,13H2,1-5H3. The van der Waals surface area contributed by atoms with Crippen LogP contribution in [-0.4, -0.2) is 93.5 Å². The molecule has 8 N–H and O–H groups in total. The van der Waals surface area contributed by atoms with E-state index in [1.165, 1.54) is 13.0 Å². The van der Waals surface area contributed by atoms with Crippen molar-refractivity contribution in [3.8, 4) is 0 Å². The average Bonchev–Trinajstić information content (AvgIpc) is 3.05. The first kappa shape index (κ1) is 28.1. The highest BCUT2D eigenvalue weighted by Crippen LogP contribution is 2.69. The van der Waals surface area contributed by atoms with E-state index in [0.29, 0.717) is 24.8 Å². The van der Waals surface area contributed by atoms with Gasteiger partial charge < -0.3 is 40.9 Å². The molecule has 0 spiro atoms. The summed E-state index contributed by atoms with van der Waals surface area (Å²) in [6, 6.07) is 0. The van der Waals surface area contributed by atoms with Gasteiger partial charge in [-0.1, -0.05) is 13.8 Å². The van der Waals surface area contributed by atoms with Crippen LogP contribution in [0.15, 0.2) is 11.6 Å². The number of fused-ring (bicyclic) bond motifs is 5. The lowest BCUT2D eigenvalue weighted by Gasteiger charge is -2.64. The van der Waals surface area contributed by atoms with Gasteiger partial charge in [0.05, 0.1) is 35.1 Å². The van der Waals surface area contributed by atoms with E-state index in [4.69, 9.17) is 0 Å². The van der Waals surface area contributed by atoms with Crippen molar-refractivity contribution in [3.05, 3.63) is 11.6 Å². The number of rotatable bonds is 5. The second-order valence-electron chi connectivity index (χ2n) is 13.4. The molecule has 206 valence electrons. The van der Waals surface area contributed by atoms with Crippen molar-refractivity contribution in [2.24, 2.45) is 22.7 Å². The second-order valence-corrected chi connectivity index (χ2v) is 13.4. The van der Waals surface area contributed by atoms with Crippen LogP contribution in [0.3, 0.4) is 0 Å². The van der Waals surface area contributed by atoms with Gasteiger partial charge in [-0.15, -0.1) is 0 Å². The first-order chi connectivity index (χ1) is 16.3. The fraction of sp³-hybridized carbons (Fsp3) is 0.889. The zero-order valence-electron chi connectivity index (χ0n) is 22.0. The van der Waals surface area contributed by atoms with Crippen LogP contribution in [0.25, 0.3) is 0 Å². The Hall–Kier alpha value is -0.910. The first-order valence-corrected chi connectivity index (χ1v) is 13.2. The molecule has 0 saturated heterocycles. The molecule has 4 aliphatic carbocycles. The summed E-state index contributed by atoms with van der Waals surface area (Å²) in [5.74, 6) is -1.89. The van der Waals surface area contributed by atoms with E-state index < -0.39 is 81.7 Å². The molecule has 0 heterocycles. The smallest absolute Gasteiger partial charge is 0.188 e. The van der Waals surface area contributed by atoms with Crippen molar-refractivity contribution in [1.29, 1.82) is 0 Å². The molecule has 0 radical (unpaired) electrons. The molecule has 3 fully saturated rings. The van der Waals surface area contributed by atoms with Crippen LogP contribution in [0.4, 0.5) is 0 Å². The van der Waals surface area contributed by atoms with Gasteiger partial charge in [0.1, 0.15) is 11.7 Å². The number of hydrogen-bond acceptors (Lipinski definition) is 9. The average molecular weight is 513 g/mol. The molecule has 3 saturated carbocycles. The summed E-state index contributed by atoms with van der Waals surface area (Å²) < 4.78 is 0. The fourth-order valence-electron chi connectivity index (χ4n) is 8.36. The van der Waals surface area contributed by atoms with Crippen LogP contribution in [-0.2, 0) is 4.79 Å². The van der Waals surface area contributed by atoms with E-state index in [9.17, 15) is 45.6 Å². The number of aliphatic hydroxyl groups excluding tert-OH is 4. The number of hydrogen-bond donors (Lipinski definition) is 8. The summed E-state index contributed by atoms with van der Waals surface area (Å²) in [7, 11) is 0. The quantitative estimate of drug-likeness (QED) is 0.250. The normalized spacial score (nSPS) is 49.4. The molecular weight excluding hydrogens is 468 g/mol. The molecule has 0 aromatic carbocycles. The highest BCUT2D eigenvalue weighted by atomic mass is 16.4. The second kappa shape index (κ2) is 8.29. The Morgan fingerprint density at radius 1 is 1.03 bits per heavy atom. The molecule has 0 amide bonds. The van der Waals surface area contributed by atoms with Gasteiger partial charge in [0.2, 0.25) is 0 Å².